The van der Waals surface area contributed by atoms with E-state index < -0.39 is 23.9 Å². The Labute approximate surface area is 181 Å². The van der Waals surface area contributed by atoms with E-state index in [9.17, 15) is 16.8 Å². The summed E-state index contributed by atoms with van der Waals surface area (Å²) < 4.78 is 52.5. The summed E-state index contributed by atoms with van der Waals surface area (Å²) in [5.74, 6) is 0. The predicted molar refractivity (Wildman–Crippen MR) is 120 cm³/mol. The highest BCUT2D eigenvalue weighted by atomic mass is 35.5. The zero-order valence-electron chi connectivity index (χ0n) is 16.3. The molecule has 8 heteroatoms. The number of hydrogen-bond donors (Lipinski definition) is 1. The van der Waals surface area contributed by atoms with Gasteiger partial charge in [0.15, 0.2) is 4.24 Å². The van der Waals surface area contributed by atoms with Gasteiger partial charge in [-0.05, 0) is 62.4 Å². The van der Waals surface area contributed by atoms with Crippen LogP contribution in [0.3, 0.4) is 0 Å². The maximum atomic E-state index is 13.3. The van der Waals surface area contributed by atoms with Gasteiger partial charge in [0.1, 0.15) is 0 Å². The minimum atomic E-state index is -4.33. The fourth-order valence-corrected chi connectivity index (χ4v) is 6.40. The molecule has 0 heterocycles. The van der Waals surface area contributed by atoms with Crippen LogP contribution in [-0.4, -0.2) is 16.8 Å². The zero-order valence-corrected chi connectivity index (χ0v) is 18.7. The van der Waals surface area contributed by atoms with E-state index in [2.05, 4.69) is 5.32 Å². The lowest BCUT2D eigenvalue weighted by Crippen LogP contribution is -2.16. The standard InChI is InChI=1S/C22H20ClNO4S2/c1-16-3-11-20(12-4-16)29(25,26)22(15-24-19-9-7-18(23)8-10-19)30(27,28)21-13-5-17(2)6-14-21/h3-15,24H,1-2H3. The normalized spacial score (nSPS) is 11.7. The SMILES string of the molecule is Cc1ccc(S(=O)(=O)C(=CNc2ccc(Cl)cc2)S(=O)(=O)c2ccc(C)cc2)cc1. The molecule has 0 saturated heterocycles. The van der Waals surface area contributed by atoms with Crippen molar-refractivity contribution in [3.63, 3.8) is 0 Å². The number of sulfone groups is 2. The highest BCUT2D eigenvalue weighted by molar-refractivity contribution is 8.14. The largest absolute Gasteiger partial charge is 0.360 e. The lowest BCUT2D eigenvalue weighted by atomic mass is 10.2. The molecule has 3 aromatic rings. The molecular weight excluding hydrogens is 442 g/mol. The molecule has 5 nitrogen and oxygen atoms in total. The number of nitrogens with one attached hydrogen (secondary N) is 1. The monoisotopic (exact) mass is 461 g/mol. The molecule has 0 saturated carbocycles. The van der Waals surface area contributed by atoms with Crippen LogP contribution in [0.25, 0.3) is 0 Å². The average molecular weight is 462 g/mol. The average Bonchev–Trinajstić information content (AvgIpc) is 2.70. The van der Waals surface area contributed by atoms with E-state index in [4.69, 9.17) is 11.6 Å². The molecule has 30 heavy (non-hydrogen) atoms. The number of rotatable bonds is 6. The van der Waals surface area contributed by atoms with Crippen LogP contribution < -0.4 is 5.32 Å². The summed E-state index contributed by atoms with van der Waals surface area (Å²) in [7, 11) is -8.66. The van der Waals surface area contributed by atoms with Crippen LogP contribution in [0.1, 0.15) is 11.1 Å². The molecule has 0 spiro atoms. The van der Waals surface area contributed by atoms with Crippen LogP contribution in [0.4, 0.5) is 5.69 Å². The smallest absolute Gasteiger partial charge is 0.219 e. The number of benzene rings is 3. The van der Waals surface area contributed by atoms with Crippen LogP contribution in [0, 0.1) is 13.8 Å². The zero-order chi connectivity index (χ0) is 21.9. The Morgan fingerprint density at radius 2 is 1.10 bits per heavy atom. The third kappa shape index (κ3) is 4.75. The van der Waals surface area contributed by atoms with E-state index in [0.717, 1.165) is 17.3 Å². The van der Waals surface area contributed by atoms with Crippen molar-refractivity contribution >= 4 is 37.0 Å². The molecule has 0 unspecified atom stereocenters. The van der Waals surface area contributed by atoms with Crippen molar-refractivity contribution in [2.45, 2.75) is 23.6 Å². The van der Waals surface area contributed by atoms with E-state index in [0.29, 0.717) is 10.7 Å². The van der Waals surface area contributed by atoms with Crippen molar-refractivity contribution < 1.29 is 16.8 Å². The lowest BCUT2D eigenvalue weighted by Gasteiger charge is -2.12. The molecule has 0 amide bonds. The molecule has 0 atom stereocenters. The minimum Gasteiger partial charge on any atom is -0.360 e. The van der Waals surface area contributed by atoms with Crippen molar-refractivity contribution in [2.75, 3.05) is 5.32 Å². The molecule has 3 aromatic carbocycles. The molecule has 0 bridgehead atoms. The van der Waals surface area contributed by atoms with Crippen molar-refractivity contribution in [3.8, 4) is 0 Å². The van der Waals surface area contributed by atoms with E-state index >= 15 is 0 Å². The number of halogens is 1. The topological polar surface area (TPSA) is 80.3 Å². The summed E-state index contributed by atoms with van der Waals surface area (Å²) in [6, 6.07) is 18.5. The first-order valence-corrected chi connectivity index (χ1v) is 12.3. The van der Waals surface area contributed by atoms with Crippen LogP contribution >= 0.6 is 11.6 Å². The van der Waals surface area contributed by atoms with Crippen molar-refractivity contribution in [3.05, 3.63) is 99.4 Å². The van der Waals surface area contributed by atoms with Gasteiger partial charge in [0.05, 0.1) is 9.79 Å². The number of aryl methyl sites for hydroxylation is 2. The second kappa shape index (κ2) is 8.63. The van der Waals surface area contributed by atoms with Gasteiger partial charge >= 0.3 is 0 Å². The first-order chi connectivity index (χ1) is 14.1. The second-order valence-corrected chi connectivity index (χ2v) is 11.3. The molecule has 0 aromatic heterocycles. The van der Waals surface area contributed by atoms with Crippen molar-refractivity contribution in [1.29, 1.82) is 0 Å². The van der Waals surface area contributed by atoms with Gasteiger partial charge in [0.2, 0.25) is 19.7 Å². The van der Waals surface area contributed by atoms with Crippen molar-refractivity contribution in [1.82, 2.24) is 0 Å². The number of anilines is 1. The highest BCUT2D eigenvalue weighted by Gasteiger charge is 2.33. The Morgan fingerprint density at radius 3 is 1.50 bits per heavy atom. The molecule has 3 rings (SSSR count). The quantitative estimate of drug-likeness (QED) is 0.551. The van der Waals surface area contributed by atoms with Crippen LogP contribution in [0.5, 0.6) is 0 Å². The first kappa shape index (κ1) is 22.1. The van der Waals surface area contributed by atoms with Gasteiger partial charge < -0.3 is 5.32 Å². The summed E-state index contributed by atoms with van der Waals surface area (Å²) in [4.78, 5) is -0.208. The van der Waals surface area contributed by atoms with Crippen LogP contribution in [-0.2, 0) is 19.7 Å². The third-order valence-corrected chi connectivity index (χ3v) is 9.04. The van der Waals surface area contributed by atoms with E-state index in [1.807, 2.05) is 13.8 Å². The van der Waals surface area contributed by atoms with E-state index in [1.54, 1.807) is 48.5 Å². The van der Waals surface area contributed by atoms with E-state index in [1.165, 1.54) is 24.3 Å². The maximum Gasteiger partial charge on any atom is 0.219 e. The Morgan fingerprint density at radius 1 is 0.700 bits per heavy atom. The number of hydrogen-bond acceptors (Lipinski definition) is 5. The molecule has 0 aliphatic carbocycles. The first-order valence-electron chi connectivity index (χ1n) is 8.96. The molecular formula is C22H20ClNO4S2. The van der Waals surface area contributed by atoms with E-state index in [-0.39, 0.29) is 9.79 Å². The molecule has 1 N–H and O–H groups in total. The summed E-state index contributed by atoms with van der Waals surface area (Å²) >= 11 is 5.87. The van der Waals surface area contributed by atoms with Gasteiger partial charge in [0, 0.05) is 16.9 Å². The second-order valence-electron chi connectivity index (χ2n) is 6.75. The Kier molecular flexibility index (Phi) is 6.36. The predicted octanol–water partition coefficient (Wildman–Crippen LogP) is 5.12. The summed E-state index contributed by atoms with van der Waals surface area (Å²) in [6.45, 7) is 3.64. The van der Waals surface area contributed by atoms with Crippen LogP contribution in [0.2, 0.25) is 5.02 Å². The van der Waals surface area contributed by atoms with Gasteiger partial charge in [-0.3, -0.25) is 0 Å². The molecule has 0 fully saturated rings. The Bertz CT molecular complexity index is 1200. The highest BCUT2D eigenvalue weighted by Crippen LogP contribution is 2.30. The van der Waals surface area contributed by atoms with Gasteiger partial charge in [-0.2, -0.15) is 0 Å². The Balaban J connectivity index is 2.15. The minimum absolute atomic E-state index is 0.104. The van der Waals surface area contributed by atoms with Gasteiger partial charge in [-0.15, -0.1) is 0 Å². The maximum absolute atomic E-state index is 13.3. The summed E-state index contributed by atoms with van der Waals surface area (Å²) in [5, 5.41) is 3.27. The van der Waals surface area contributed by atoms with Crippen LogP contribution in [0.15, 0.2) is 93.0 Å². The molecule has 156 valence electrons. The fourth-order valence-electron chi connectivity index (χ4n) is 2.66. The fraction of sp³-hybridized carbons (Fsp3) is 0.0909. The van der Waals surface area contributed by atoms with Crippen molar-refractivity contribution in [2.24, 2.45) is 0 Å². The van der Waals surface area contributed by atoms with Gasteiger partial charge in [-0.1, -0.05) is 47.0 Å². The summed E-state index contributed by atoms with van der Waals surface area (Å²) in [6.07, 6.45) is 1.01. The van der Waals surface area contributed by atoms with Gasteiger partial charge in [-0.25, -0.2) is 16.8 Å². The molecule has 0 radical (unpaired) electrons. The lowest BCUT2D eigenvalue weighted by molar-refractivity contribution is 0.595. The summed E-state index contributed by atoms with van der Waals surface area (Å²) in [5.41, 5.74) is 2.22. The molecule has 0 aliphatic heterocycles. The Hall–Kier alpha value is -2.61. The third-order valence-electron chi connectivity index (χ3n) is 4.39. The van der Waals surface area contributed by atoms with Gasteiger partial charge in [0.25, 0.3) is 0 Å². The molecule has 0 aliphatic rings.